The number of hydrogen-bond donors (Lipinski definition) is 0. The van der Waals surface area contributed by atoms with Gasteiger partial charge in [0, 0.05) is 19.3 Å². The van der Waals surface area contributed by atoms with Crippen LogP contribution in [0.25, 0.3) is 0 Å². The Morgan fingerprint density at radius 3 is 1.22 bits per heavy atom. The minimum Gasteiger partial charge on any atom is -0.494 e. The molecule has 31 heteroatoms. The Balaban J connectivity index is 1.12. The third kappa shape index (κ3) is 20.8. The first-order valence-electron chi connectivity index (χ1n) is 32.5. The highest BCUT2D eigenvalue weighted by molar-refractivity contribution is 5.90. The van der Waals surface area contributed by atoms with Gasteiger partial charge in [0.05, 0.1) is 57.4 Å². The van der Waals surface area contributed by atoms with Gasteiger partial charge in [-0.1, -0.05) is 158 Å². The summed E-state index contributed by atoms with van der Waals surface area (Å²) < 4.78 is 297. The molecule has 7 aromatic rings. The lowest BCUT2D eigenvalue weighted by Crippen LogP contribution is -2.67. The van der Waals surface area contributed by atoms with E-state index in [1.54, 1.807) is 133 Å². The monoisotopic (exact) mass is 1500 g/mol. The molecule has 0 aliphatic carbocycles. The average molecular weight is 1500 g/mol. The Labute approximate surface area is 590 Å². The van der Waals surface area contributed by atoms with E-state index in [0.717, 1.165) is 0 Å². The minimum absolute atomic E-state index is 0.0650. The van der Waals surface area contributed by atoms with Crippen LogP contribution in [0, 0.1) is 0 Å². The summed E-state index contributed by atoms with van der Waals surface area (Å²) in [5, 5.41) is 0. The molecule has 2 heterocycles. The molecular formula is C74H68F16O15. The number of alkyl halides is 16. The van der Waals surface area contributed by atoms with Crippen molar-refractivity contribution in [3.8, 4) is 11.5 Å². The minimum atomic E-state index is -7.08. The predicted octanol–water partition coefficient (Wildman–Crippen LogP) is 16.5. The smallest absolute Gasteiger partial charge is 0.460 e. The van der Waals surface area contributed by atoms with Crippen LogP contribution in [0.4, 0.5) is 70.2 Å². The van der Waals surface area contributed by atoms with E-state index in [1.165, 1.54) is 72.8 Å². The molecular weight excluding hydrogens is 1430 g/mol. The molecule has 2 saturated heterocycles. The van der Waals surface area contributed by atoms with Crippen molar-refractivity contribution in [1.82, 2.24) is 0 Å². The van der Waals surface area contributed by atoms with Gasteiger partial charge in [0.2, 0.25) is 6.29 Å². The number of benzene rings is 7. The number of hydrogen-bond acceptors (Lipinski definition) is 15. The fourth-order valence-electron chi connectivity index (χ4n) is 10.9. The lowest BCUT2D eigenvalue weighted by atomic mass is 9.95. The zero-order chi connectivity index (χ0) is 75.6. The highest BCUT2D eigenvalue weighted by Crippen LogP contribution is 2.55. The van der Waals surface area contributed by atoms with Gasteiger partial charge in [-0.3, -0.25) is 4.79 Å². The van der Waals surface area contributed by atoms with Crippen LogP contribution in [0.1, 0.15) is 75.1 Å². The molecule has 0 unspecified atom stereocenters. The Morgan fingerprint density at radius 1 is 0.362 bits per heavy atom. The molecule has 0 saturated carbocycles. The Bertz CT molecular complexity index is 3820. The summed E-state index contributed by atoms with van der Waals surface area (Å²) in [6.07, 6.45) is -39.8. The highest BCUT2D eigenvalue weighted by atomic mass is 19.4. The van der Waals surface area contributed by atoms with E-state index < -0.39 is 173 Å². The lowest BCUT2D eigenvalue weighted by molar-refractivity contribution is -0.396. The Morgan fingerprint density at radius 2 is 0.752 bits per heavy atom. The van der Waals surface area contributed by atoms with Crippen LogP contribution in [0.2, 0.25) is 0 Å². The van der Waals surface area contributed by atoms with E-state index in [1.807, 2.05) is 0 Å². The topological polar surface area (TPSA) is 162 Å². The number of carbonyl (C=O) groups excluding carboxylic acids is 3. The number of ether oxygens (including phenoxy) is 12. The predicted molar refractivity (Wildman–Crippen MR) is 338 cm³/mol. The van der Waals surface area contributed by atoms with E-state index in [2.05, 4.69) is 0 Å². The first-order valence-corrected chi connectivity index (χ1v) is 32.5. The molecule has 9 rings (SSSR count). The molecule has 10 atom stereocenters. The van der Waals surface area contributed by atoms with Crippen LogP contribution in [0.15, 0.2) is 206 Å². The van der Waals surface area contributed by atoms with E-state index in [0.29, 0.717) is 22.3 Å². The molecule has 0 spiro atoms. The molecule has 2 aliphatic heterocycles. The quantitative estimate of drug-likeness (QED) is 0.0159. The maximum absolute atomic E-state index is 14.7. The summed E-state index contributed by atoms with van der Waals surface area (Å²) in [5.74, 6) is -36.1. The number of carbonyl (C=O) groups is 3. The molecule has 7 aromatic carbocycles. The van der Waals surface area contributed by atoms with Crippen molar-refractivity contribution in [2.24, 2.45) is 0 Å². The van der Waals surface area contributed by atoms with Crippen LogP contribution >= 0.6 is 0 Å². The van der Waals surface area contributed by atoms with Crippen molar-refractivity contribution < 1.29 is 141 Å². The third-order valence-corrected chi connectivity index (χ3v) is 16.5. The van der Waals surface area contributed by atoms with Crippen LogP contribution in [0.5, 0.6) is 11.5 Å². The molecule has 0 aromatic heterocycles. The van der Waals surface area contributed by atoms with Crippen LogP contribution in [-0.4, -0.2) is 141 Å². The maximum Gasteiger partial charge on any atom is 0.460 e. The van der Waals surface area contributed by atoms with Crippen molar-refractivity contribution in [2.45, 2.75) is 162 Å². The Hall–Kier alpha value is -8.85. The molecule has 0 radical (unpaired) electrons. The fraction of sp³-hybridized carbons (Fsp3) is 0.392. The van der Waals surface area contributed by atoms with Gasteiger partial charge in [-0.2, -0.15) is 70.2 Å². The fourth-order valence-corrected chi connectivity index (χ4v) is 10.9. The number of halogens is 16. The van der Waals surface area contributed by atoms with Gasteiger partial charge in [-0.05, 0) is 83.6 Å². The number of rotatable bonds is 35. The van der Waals surface area contributed by atoms with Gasteiger partial charge < -0.3 is 56.8 Å². The molecule has 0 N–H and O–H groups in total. The number of esters is 3. The summed E-state index contributed by atoms with van der Waals surface area (Å²) >= 11 is 0. The molecule has 0 amide bonds. The molecule has 2 fully saturated rings. The zero-order valence-electron chi connectivity index (χ0n) is 55.1. The molecule has 105 heavy (non-hydrogen) atoms. The van der Waals surface area contributed by atoms with E-state index in [4.69, 9.17) is 56.8 Å². The molecule has 2 aliphatic rings. The SMILES string of the molecule is O=C(CCCC(F)(F)C(F)(F)C(F)(F)F)O[C@@H]1[C@H](OC(=O)c2ccccc2)[C@@H](OC(=O)c2ccccc2)[C@@H](O[C@@H]2[C@H](OCc3ccccc3)[C@@H](OCc3ccccc3)[C@H](Oc3ccc(OCCCC(F)(F)C(F)(F)C(F)(F)C(F)(F)F)cc3)O[C@@H]2COCc2ccccc2)O[C@@H]1COCc1ccccc1. The van der Waals surface area contributed by atoms with E-state index >= 15 is 0 Å². The second-order valence-corrected chi connectivity index (χ2v) is 24.2. The van der Waals surface area contributed by atoms with Gasteiger partial charge in [0.1, 0.15) is 42.0 Å². The first kappa shape index (κ1) is 80.3. The summed E-state index contributed by atoms with van der Waals surface area (Å²) in [7, 11) is 0. The summed E-state index contributed by atoms with van der Waals surface area (Å²) in [5.41, 5.74) is 2.04. The van der Waals surface area contributed by atoms with Crippen LogP contribution in [0.3, 0.4) is 0 Å². The largest absolute Gasteiger partial charge is 0.494 e. The lowest BCUT2D eigenvalue weighted by Gasteiger charge is -2.49. The van der Waals surface area contributed by atoms with Crippen molar-refractivity contribution in [2.75, 3.05) is 19.8 Å². The van der Waals surface area contributed by atoms with Gasteiger partial charge in [0.15, 0.2) is 24.6 Å². The highest BCUT2D eigenvalue weighted by Gasteiger charge is 2.81. The normalized spacial score (nSPS) is 21.3. The van der Waals surface area contributed by atoms with Crippen molar-refractivity contribution >= 4 is 17.9 Å². The van der Waals surface area contributed by atoms with Gasteiger partial charge in [0.25, 0.3) is 0 Å². The average Bonchev–Trinajstić information content (AvgIpc) is 0.780. The van der Waals surface area contributed by atoms with Crippen molar-refractivity contribution in [3.05, 3.63) is 240 Å². The van der Waals surface area contributed by atoms with Crippen LogP contribution in [-0.2, 0) is 78.6 Å². The van der Waals surface area contributed by atoms with E-state index in [-0.39, 0.29) is 49.1 Å². The standard InChI is InChI=1S/C74H68F16O15/c75-68(76,70(79,80)72(83,84)74(88,89)90)39-20-40-96-53-34-36-54(37-35-53)99-66-62(98-44-50-27-13-4-14-28-50)60(97-43-49-25-11-3-12-26-49)58(55(100-66)45-94-41-47-21-7-1-8-22-47)105-67-63(104-65(93)52-31-17-6-18-32-52)61(103-64(92)51-29-15-5-16-30-51)59(56(101-67)46-95-42-48-23-9-2-10-24-48)102-57(91)33-19-38-69(77,78)71(81,82)73(85,86)87/h1-18,21-32,34-37,55-56,58-63,66-67H,19-20,33,38-46H2/t55-,56-,58+,59+,60+,61+,62-,63-,66-,67-/m1/s1. The molecule has 0 bridgehead atoms. The van der Waals surface area contributed by atoms with Gasteiger partial charge in [-0.15, -0.1) is 0 Å². The molecule has 566 valence electrons. The molecule has 15 nitrogen and oxygen atoms in total. The maximum atomic E-state index is 14.7. The summed E-state index contributed by atoms with van der Waals surface area (Å²) in [6.45, 7) is -2.84. The third-order valence-electron chi connectivity index (χ3n) is 16.5. The Kier molecular flexibility index (Phi) is 27.1. The van der Waals surface area contributed by atoms with Gasteiger partial charge >= 0.3 is 59.9 Å². The summed E-state index contributed by atoms with van der Waals surface area (Å²) in [4.78, 5) is 43.5. The van der Waals surface area contributed by atoms with Gasteiger partial charge in [-0.25, -0.2) is 9.59 Å². The first-order chi connectivity index (χ1) is 49.9. The second-order valence-electron chi connectivity index (χ2n) is 24.2. The summed E-state index contributed by atoms with van der Waals surface area (Å²) in [6, 6.07) is 53.3. The van der Waals surface area contributed by atoms with Crippen molar-refractivity contribution in [3.63, 3.8) is 0 Å². The second kappa shape index (κ2) is 35.5. The van der Waals surface area contributed by atoms with Crippen molar-refractivity contribution in [1.29, 1.82) is 0 Å². The van der Waals surface area contributed by atoms with Crippen LogP contribution < -0.4 is 9.47 Å². The zero-order valence-corrected chi connectivity index (χ0v) is 55.1. The van der Waals surface area contributed by atoms with E-state index in [9.17, 15) is 84.6 Å².